The highest BCUT2D eigenvalue weighted by Gasteiger charge is 2.20. The molecule has 1 heterocycles. The van der Waals surface area contributed by atoms with Crippen LogP contribution in [0.1, 0.15) is 78.1 Å². The van der Waals surface area contributed by atoms with Crippen LogP contribution in [0.4, 0.5) is 0 Å². The lowest BCUT2D eigenvalue weighted by atomic mass is 9.92. The van der Waals surface area contributed by atoms with Crippen LogP contribution in [0.25, 0.3) is 0 Å². The molecule has 19 heavy (non-hydrogen) atoms. The van der Waals surface area contributed by atoms with Crippen LogP contribution >= 0.6 is 0 Å². The van der Waals surface area contributed by atoms with Crippen LogP contribution < -0.4 is 4.90 Å². The predicted molar refractivity (Wildman–Crippen MR) is 81.5 cm³/mol. The third kappa shape index (κ3) is 9.96. The van der Waals surface area contributed by atoms with Crippen LogP contribution in [0.5, 0.6) is 0 Å². The summed E-state index contributed by atoms with van der Waals surface area (Å²) in [6.07, 6.45) is 14.6. The Morgan fingerprint density at radius 2 is 1.47 bits per heavy atom. The normalized spacial score (nSPS) is 22.5. The van der Waals surface area contributed by atoms with Crippen molar-refractivity contribution in [3.05, 3.63) is 6.57 Å². The number of likely N-dealkylation sites (tertiary alicyclic amines) is 1. The summed E-state index contributed by atoms with van der Waals surface area (Å²) in [4.78, 5) is 1.90. The first-order chi connectivity index (χ1) is 9.36. The van der Waals surface area contributed by atoms with Gasteiger partial charge < -0.3 is 16.7 Å². The second-order valence-corrected chi connectivity index (χ2v) is 6.00. The van der Waals surface area contributed by atoms with Crippen LogP contribution in [-0.2, 0) is 0 Å². The summed E-state index contributed by atoms with van der Waals surface area (Å²) in [7, 11) is 0. The average Bonchev–Trinajstić information content (AvgIpc) is 2.47. The summed E-state index contributed by atoms with van der Waals surface area (Å²) < 4.78 is 0. The zero-order valence-corrected chi connectivity index (χ0v) is 13.2. The van der Waals surface area contributed by atoms with Gasteiger partial charge in [-0.3, -0.25) is 0 Å². The summed E-state index contributed by atoms with van der Waals surface area (Å²) >= 11 is 0. The highest BCUT2D eigenvalue weighted by Crippen LogP contribution is 2.15. The first kappa shape index (κ1) is 18.4. The molecule has 2 nitrogen and oxygen atoms in total. The summed E-state index contributed by atoms with van der Waals surface area (Å²) in [5, 5.41) is 6.25. The maximum atomic E-state index is 6.25. The fraction of sp³-hybridized carbons (Fsp3) is 0.941. The molecule has 0 spiro atoms. The Morgan fingerprint density at radius 3 is 2.05 bits per heavy atom. The van der Waals surface area contributed by atoms with Gasteiger partial charge in [-0.15, -0.1) is 0 Å². The molecule has 0 amide bonds. The van der Waals surface area contributed by atoms with Crippen LogP contribution in [0.3, 0.4) is 0 Å². The van der Waals surface area contributed by atoms with Crippen molar-refractivity contribution in [2.24, 2.45) is 5.92 Å². The Bertz CT molecular complexity index is 193. The Balaban J connectivity index is 0.00000154. The minimum absolute atomic E-state index is 1.06. The van der Waals surface area contributed by atoms with Crippen molar-refractivity contribution in [1.82, 2.24) is 0 Å². The molecule has 1 saturated heterocycles. The van der Waals surface area contributed by atoms with Gasteiger partial charge in [0.25, 0.3) is 0 Å². The molecule has 0 aliphatic carbocycles. The van der Waals surface area contributed by atoms with E-state index in [9.17, 15) is 0 Å². The Labute approximate surface area is 121 Å². The Morgan fingerprint density at radius 1 is 0.895 bits per heavy atom. The van der Waals surface area contributed by atoms with E-state index in [-0.39, 0.29) is 0 Å². The third-order valence-corrected chi connectivity index (χ3v) is 4.39. The summed E-state index contributed by atoms with van der Waals surface area (Å²) in [6.45, 7) is 13.7. The maximum absolute atomic E-state index is 6.25. The number of quaternary nitrogens is 1. The molecular weight excluding hydrogens is 232 g/mol. The smallest absolute Gasteiger partial charge is 0.0773 e. The largest absolute Gasteiger partial charge is 0.512 e. The van der Waals surface area contributed by atoms with E-state index in [0.29, 0.717) is 0 Å². The molecule has 2 heteroatoms. The van der Waals surface area contributed by atoms with Crippen molar-refractivity contribution in [3.63, 3.8) is 0 Å². The van der Waals surface area contributed by atoms with Crippen LogP contribution in [-0.4, -0.2) is 19.6 Å². The van der Waals surface area contributed by atoms with E-state index < -0.39 is 0 Å². The molecule has 0 bridgehead atoms. The molecule has 0 aromatic carbocycles. The second-order valence-electron chi connectivity index (χ2n) is 6.00. The quantitative estimate of drug-likeness (QED) is 0.502. The summed E-state index contributed by atoms with van der Waals surface area (Å²) in [5.74, 6) is 1.06. The number of hydrogen-bond acceptors (Lipinski definition) is 1. The second kappa shape index (κ2) is 13.9. The van der Waals surface area contributed by atoms with E-state index >= 15 is 0 Å². The van der Waals surface area contributed by atoms with Crippen LogP contribution in [0.15, 0.2) is 0 Å². The van der Waals surface area contributed by atoms with Gasteiger partial charge in [0.15, 0.2) is 0 Å². The molecule has 1 N–H and O–H groups in total. The standard InChI is InChI=1S/C16H33N.CN/c1-3-5-6-7-8-9-13-17-14-11-16(10-4-2)12-15-17;1-2/h16H,3-15H2,1-2H3;/q;-1/p+1. The van der Waals surface area contributed by atoms with Crippen molar-refractivity contribution in [2.45, 2.75) is 78.1 Å². The number of nitrogens with one attached hydrogen (secondary N) is 1. The van der Waals surface area contributed by atoms with Crippen LogP contribution in [0, 0.1) is 17.8 Å². The molecule has 0 aromatic heterocycles. The summed E-state index contributed by atoms with van der Waals surface area (Å²) in [6, 6.07) is 0. The van der Waals surface area contributed by atoms with E-state index in [4.69, 9.17) is 11.8 Å². The van der Waals surface area contributed by atoms with Gasteiger partial charge in [0.1, 0.15) is 0 Å². The van der Waals surface area contributed by atoms with E-state index in [1.54, 1.807) is 0 Å². The van der Waals surface area contributed by atoms with Gasteiger partial charge >= 0.3 is 0 Å². The molecule has 1 rings (SSSR count). The number of rotatable bonds is 9. The molecular formula is C17H34N2. The number of nitrogens with zero attached hydrogens (tertiary/aromatic N) is 1. The van der Waals surface area contributed by atoms with Crippen LogP contribution in [0.2, 0.25) is 0 Å². The van der Waals surface area contributed by atoms with Crippen molar-refractivity contribution < 1.29 is 4.90 Å². The zero-order chi connectivity index (χ0) is 14.3. The SMILES string of the molecule is CCCCCCCC[NH+]1CCC(CCC)CC1.[C-]#N. The number of unbranched alkanes of at least 4 members (excludes halogenated alkanes) is 5. The van der Waals surface area contributed by atoms with E-state index in [2.05, 4.69) is 13.8 Å². The third-order valence-electron chi connectivity index (χ3n) is 4.39. The predicted octanol–water partition coefficient (Wildman–Crippen LogP) is 3.54. The Kier molecular flexibility index (Phi) is 13.5. The monoisotopic (exact) mass is 266 g/mol. The lowest BCUT2D eigenvalue weighted by Crippen LogP contribution is -3.13. The van der Waals surface area contributed by atoms with E-state index in [1.165, 1.54) is 83.8 Å². The first-order valence-corrected chi connectivity index (χ1v) is 8.42. The van der Waals surface area contributed by atoms with E-state index in [0.717, 1.165) is 5.92 Å². The molecule has 1 fully saturated rings. The Hall–Kier alpha value is -0.550. The molecule has 112 valence electrons. The molecule has 0 saturated carbocycles. The fourth-order valence-electron chi connectivity index (χ4n) is 3.19. The molecule has 0 aromatic rings. The topological polar surface area (TPSA) is 28.2 Å². The molecule has 0 unspecified atom stereocenters. The highest BCUT2D eigenvalue weighted by molar-refractivity contribution is 4.61. The van der Waals surface area contributed by atoms with Gasteiger partial charge in [-0.05, 0) is 31.6 Å². The van der Waals surface area contributed by atoms with Crippen molar-refractivity contribution in [3.8, 4) is 0 Å². The number of hydrogen-bond donors (Lipinski definition) is 1. The van der Waals surface area contributed by atoms with Gasteiger partial charge in [-0.25, -0.2) is 0 Å². The van der Waals surface area contributed by atoms with Gasteiger partial charge in [0.05, 0.1) is 19.6 Å². The maximum Gasteiger partial charge on any atom is 0.0773 e. The van der Waals surface area contributed by atoms with Gasteiger partial charge in [0.2, 0.25) is 0 Å². The fourth-order valence-corrected chi connectivity index (χ4v) is 3.19. The zero-order valence-electron chi connectivity index (χ0n) is 13.2. The minimum Gasteiger partial charge on any atom is -0.512 e. The molecule has 0 atom stereocenters. The summed E-state index contributed by atoms with van der Waals surface area (Å²) in [5.41, 5.74) is 0. The first-order valence-electron chi connectivity index (χ1n) is 8.42. The molecule has 0 radical (unpaired) electrons. The van der Waals surface area contributed by atoms with Gasteiger partial charge in [0, 0.05) is 0 Å². The minimum atomic E-state index is 1.06. The average molecular weight is 266 g/mol. The van der Waals surface area contributed by atoms with E-state index in [1.807, 2.05) is 4.90 Å². The lowest BCUT2D eigenvalue weighted by molar-refractivity contribution is -0.906. The number of piperidine rings is 1. The van der Waals surface area contributed by atoms with Gasteiger partial charge in [-0.1, -0.05) is 52.4 Å². The highest BCUT2D eigenvalue weighted by atomic mass is 15.1. The van der Waals surface area contributed by atoms with Crippen molar-refractivity contribution in [2.75, 3.05) is 19.6 Å². The molecule has 1 aliphatic heterocycles. The molecule has 1 aliphatic rings. The lowest BCUT2D eigenvalue weighted by Gasteiger charge is -2.29. The van der Waals surface area contributed by atoms with Crippen molar-refractivity contribution in [1.29, 1.82) is 5.26 Å². The van der Waals surface area contributed by atoms with Crippen molar-refractivity contribution >= 4 is 0 Å². The van der Waals surface area contributed by atoms with Gasteiger partial charge in [-0.2, -0.15) is 0 Å².